The van der Waals surface area contributed by atoms with Gasteiger partial charge in [-0.3, -0.25) is 0 Å². The third-order valence-corrected chi connectivity index (χ3v) is 1.73. The van der Waals surface area contributed by atoms with E-state index in [-0.39, 0.29) is 0 Å². The monoisotopic (exact) mass is 191 g/mol. The quantitative estimate of drug-likeness (QED) is 0.539. The maximum absolute atomic E-state index is 13.2. The number of rotatable bonds is 0. The Hall–Kier alpha value is -1.31. The van der Waals surface area contributed by atoms with E-state index in [0.717, 1.165) is 18.2 Å². The maximum atomic E-state index is 13.2. The van der Waals surface area contributed by atoms with Crippen molar-refractivity contribution in [2.45, 2.75) is 11.8 Å². The van der Waals surface area contributed by atoms with Crippen LogP contribution in [0.5, 0.6) is 0 Å². The van der Waals surface area contributed by atoms with Gasteiger partial charge in [-0.25, -0.2) is 4.39 Å². The minimum atomic E-state index is -4.73. The van der Waals surface area contributed by atoms with E-state index < -0.39 is 17.8 Å². The maximum Gasteiger partial charge on any atom is 0.399 e. The van der Waals surface area contributed by atoms with Crippen molar-refractivity contribution < 1.29 is 17.6 Å². The standard InChI is InChI=1S/C8H5F4N/c9-7(5-13)4-2-1-3-6(7)8(10,11)12/h1-4,6H. The molecule has 0 saturated heterocycles. The molecule has 0 fully saturated rings. The molecule has 2 atom stereocenters. The first-order chi connectivity index (χ1) is 5.90. The summed E-state index contributed by atoms with van der Waals surface area (Å²) in [5, 5.41) is 8.27. The van der Waals surface area contributed by atoms with Crippen LogP contribution in [0.25, 0.3) is 0 Å². The number of hydrogen-bond acceptors (Lipinski definition) is 1. The Morgan fingerprint density at radius 3 is 2.31 bits per heavy atom. The molecule has 1 aliphatic rings. The van der Waals surface area contributed by atoms with Gasteiger partial charge in [-0.1, -0.05) is 18.2 Å². The molecule has 0 saturated carbocycles. The zero-order chi connectivity index (χ0) is 10.1. The highest BCUT2D eigenvalue weighted by molar-refractivity contribution is 5.30. The molecule has 70 valence electrons. The molecule has 1 nitrogen and oxygen atoms in total. The fourth-order valence-electron chi connectivity index (χ4n) is 1.07. The van der Waals surface area contributed by atoms with Gasteiger partial charge in [0.2, 0.25) is 5.67 Å². The fourth-order valence-corrected chi connectivity index (χ4v) is 1.07. The van der Waals surface area contributed by atoms with Gasteiger partial charge in [-0.05, 0) is 6.08 Å². The molecule has 0 spiro atoms. The van der Waals surface area contributed by atoms with Gasteiger partial charge in [-0.2, -0.15) is 18.4 Å². The molecular formula is C8H5F4N. The van der Waals surface area contributed by atoms with Crippen LogP contribution in [0.3, 0.4) is 0 Å². The van der Waals surface area contributed by atoms with E-state index in [1.165, 1.54) is 0 Å². The third kappa shape index (κ3) is 1.72. The molecule has 0 aromatic heterocycles. The van der Waals surface area contributed by atoms with Crippen LogP contribution in [-0.2, 0) is 0 Å². The van der Waals surface area contributed by atoms with Crippen LogP contribution in [0.2, 0.25) is 0 Å². The number of nitrogens with zero attached hydrogens (tertiary/aromatic N) is 1. The SMILES string of the molecule is N#CC1(F)C=CC=CC1C(F)(F)F. The molecule has 0 bridgehead atoms. The van der Waals surface area contributed by atoms with Crippen LogP contribution >= 0.6 is 0 Å². The fraction of sp³-hybridized carbons (Fsp3) is 0.375. The van der Waals surface area contributed by atoms with Crippen molar-refractivity contribution in [3.63, 3.8) is 0 Å². The van der Waals surface area contributed by atoms with Gasteiger partial charge in [0.25, 0.3) is 0 Å². The molecule has 0 aromatic rings. The van der Waals surface area contributed by atoms with Crippen LogP contribution in [-0.4, -0.2) is 11.8 Å². The summed E-state index contributed by atoms with van der Waals surface area (Å²) < 4.78 is 49.7. The van der Waals surface area contributed by atoms with E-state index in [0.29, 0.717) is 12.2 Å². The first-order valence-electron chi connectivity index (χ1n) is 3.43. The first kappa shape index (κ1) is 9.78. The van der Waals surface area contributed by atoms with E-state index in [1.807, 2.05) is 0 Å². The van der Waals surface area contributed by atoms with Crippen LogP contribution in [0.15, 0.2) is 24.3 Å². The highest BCUT2D eigenvalue weighted by atomic mass is 19.4. The highest BCUT2D eigenvalue weighted by Gasteiger charge is 2.53. The molecule has 0 heterocycles. The lowest BCUT2D eigenvalue weighted by atomic mass is 9.86. The van der Waals surface area contributed by atoms with E-state index in [1.54, 1.807) is 0 Å². The average molecular weight is 191 g/mol. The number of alkyl halides is 4. The Morgan fingerprint density at radius 2 is 1.92 bits per heavy atom. The van der Waals surface area contributed by atoms with Crippen molar-refractivity contribution in [3.8, 4) is 6.07 Å². The summed E-state index contributed by atoms with van der Waals surface area (Å²) in [6.45, 7) is 0. The molecule has 0 aromatic carbocycles. The Balaban J connectivity index is 3.05. The zero-order valence-corrected chi connectivity index (χ0v) is 6.35. The Kier molecular flexibility index (Phi) is 2.16. The van der Waals surface area contributed by atoms with Gasteiger partial charge in [0.15, 0.2) is 0 Å². The molecule has 2 unspecified atom stereocenters. The summed E-state index contributed by atoms with van der Waals surface area (Å²) in [5.74, 6) is -2.37. The average Bonchev–Trinajstić information content (AvgIpc) is 2.03. The van der Waals surface area contributed by atoms with E-state index in [9.17, 15) is 17.6 Å². The van der Waals surface area contributed by atoms with E-state index >= 15 is 0 Å². The van der Waals surface area contributed by atoms with Gasteiger partial charge in [0.1, 0.15) is 12.0 Å². The minimum absolute atomic E-state index is 0.616. The van der Waals surface area contributed by atoms with Crippen molar-refractivity contribution >= 4 is 0 Å². The van der Waals surface area contributed by atoms with Gasteiger partial charge in [-0.15, -0.1) is 0 Å². The summed E-state index contributed by atoms with van der Waals surface area (Å²) in [7, 11) is 0. The molecule has 0 aliphatic heterocycles. The van der Waals surface area contributed by atoms with Gasteiger partial charge in [0, 0.05) is 0 Å². The smallest absolute Gasteiger partial charge is 0.222 e. The van der Waals surface area contributed by atoms with Crippen LogP contribution in [0, 0.1) is 17.2 Å². The summed E-state index contributed by atoms with van der Waals surface area (Å²) in [6.07, 6.45) is -1.31. The minimum Gasteiger partial charge on any atom is -0.222 e. The van der Waals surface area contributed by atoms with Crippen molar-refractivity contribution in [3.05, 3.63) is 24.3 Å². The summed E-state index contributed by atoms with van der Waals surface area (Å²) in [4.78, 5) is 0. The zero-order valence-electron chi connectivity index (χ0n) is 6.35. The van der Waals surface area contributed by atoms with Crippen molar-refractivity contribution in [1.29, 1.82) is 5.26 Å². The molecule has 1 aliphatic carbocycles. The molecule has 0 radical (unpaired) electrons. The van der Waals surface area contributed by atoms with Crippen molar-refractivity contribution in [1.82, 2.24) is 0 Å². The van der Waals surface area contributed by atoms with Crippen LogP contribution < -0.4 is 0 Å². The topological polar surface area (TPSA) is 23.8 Å². The molecule has 13 heavy (non-hydrogen) atoms. The Bertz CT molecular complexity index is 296. The predicted molar refractivity (Wildman–Crippen MR) is 37.3 cm³/mol. The van der Waals surface area contributed by atoms with Gasteiger partial charge >= 0.3 is 6.18 Å². The number of allylic oxidation sites excluding steroid dienone is 4. The number of hydrogen-bond donors (Lipinski definition) is 0. The summed E-state index contributed by atoms with van der Waals surface area (Å²) >= 11 is 0. The molecule has 0 N–H and O–H groups in total. The van der Waals surface area contributed by atoms with Gasteiger partial charge in [0.05, 0.1) is 0 Å². The number of nitriles is 1. The second-order valence-electron chi connectivity index (χ2n) is 2.64. The Morgan fingerprint density at radius 1 is 1.31 bits per heavy atom. The third-order valence-electron chi connectivity index (χ3n) is 1.73. The predicted octanol–water partition coefficient (Wildman–Crippen LogP) is 2.52. The normalized spacial score (nSPS) is 33.0. The lowest BCUT2D eigenvalue weighted by Crippen LogP contribution is -2.39. The highest BCUT2D eigenvalue weighted by Crippen LogP contribution is 2.40. The number of halogens is 4. The summed E-state index contributed by atoms with van der Waals surface area (Å²) in [6, 6.07) is 1.01. The second kappa shape index (κ2) is 2.87. The first-order valence-corrected chi connectivity index (χ1v) is 3.43. The lowest BCUT2D eigenvalue weighted by molar-refractivity contribution is -0.180. The van der Waals surface area contributed by atoms with Crippen LogP contribution in [0.1, 0.15) is 0 Å². The molecule has 0 amide bonds. The van der Waals surface area contributed by atoms with Crippen LogP contribution in [0.4, 0.5) is 17.6 Å². The molecule has 5 heteroatoms. The lowest BCUT2D eigenvalue weighted by Gasteiger charge is -2.26. The van der Waals surface area contributed by atoms with E-state index in [4.69, 9.17) is 5.26 Å². The molecular weight excluding hydrogens is 186 g/mol. The Labute approximate surface area is 72.0 Å². The van der Waals surface area contributed by atoms with E-state index in [2.05, 4.69) is 0 Å². The summed E-state index contributed by atoms with van der Waals surface area (Å²) in [5.41, 5.74) is -2.97. The van der Waals surface area contributed by atoms with Crippen molar-refractivity contribution in [2.75, 3.05) is 0 Å². The van der Waals surface area contributed by atoms with Gasteiger partial charge < -0.3 is 0 Å². The largest absolute Gasteiger partial charge is 0.399 e. The molecule has 1 rings (SSSR count). The second-order valence-corrected chi connectivity index (χ2v) is 2.64. The van der Waals surface area contributed by atoms with Crippen molar-refractivity contribution in [2.24, 2.45) is 5.92 Å².